The summed E-state index contributed by atoms with van der Waals surface area (Å²) in [6, 6.07) is 23.4. The zero-order chi connectivity index (χ0) is 24.4. The molecule has 176 valence electrons. The van der Waals surface area contributed by atoms with E-state index in [0.29, 0.717) is 16.9 Å². The first-order valence-corrected chi connectivity index (χ1v) is 13.7. The van der Waals surface area contributed by atoms with Gasteiger partial charge in [0.05, 0.1) is 17.1 Å². The van der Waals surface area contributed by atoms with Crippen LogP contribution in [0.3, 0.4) is 0 Å². The second-order valence-corrected chi connectivity index (χ2v) is 11.5. The molecule has 4 N–H and O–H groups in total. The fourth-order valence-electron chi connectivity index (χ4n) is 3.41. The number of carbonyl (C=O) groups is 1. The molecule has 0 aliphatic carbocycles. The molecule has 0 saturated heterocycles. The number of hydrogen-bond donors (Lipinski definition) is 4. The van der Waals surface area contributed by atoms with Gasteiger partial charge in [0.15, 0.2) is 0 Å². The first kappa shape index (κ1) is 23.0. The van der Waals surface area contributed by atoms with E-state index in [4.69, 9.17) is 0 Å². The third kappa shape index (κ3) is 5.04. The molecule has 1 aliphatic rings. The van der Waals surface area contributed by atoms with Crippen molar-refractivity contribution in [3.05, 3.63) is 102 Å². The van der Waals surface area contributed by atoms with Gasteiger partial charge in [-0.05, 0) is 60.0 Å². The molecule has 3 aromatic carbocycles. The summed E-state index contributed by atoms with van der Waals surface area (Å²) in [4.78, 5) is 14.8. The Bertz CT molecular complexity index is 1520. The average molecular weight is 521 g/mol. The Morgan fingerprint density at radius 1 is 0.829 bits per heavy atom. The van der Waals surface area contributed by atoms with E-state index in [0.717, 1.165) is 33.2 Å². The maximum atomic E-state index is 12.6. The van der Waals surface area contributed by atoms with Crippen LogP contribution in [-0.2, 0) is 10.0 Å². The van der Waals surface area contributed by atoms with Gasteiger partial charge in [-0.3, -0.25) is 20.4 Å². The molecular weight excluding hydrogens is 501 g/mol. The Balaban J connectivity index is 1.20. The van der Waals surface area contributed by atoms with E-state index < -0.39 is 10.0 Å². The zero-order valence-electron chi connectivity index (χ0n) is 18.2. The Hall–Kier alpha value is -3.73. The number of nitrogens with one attached hydrogen (secondary N) is 4. The van der Waals surface area contributed by atoms with Crippen LogP contribution >= 0.6 is 23.1 Å². The van der Waals surface area contributed by atoms with Crippen LogP contribution in [0.1, 0.15) is 15.9 Å². The lowest BCUT2D eigenvalue weighted by atomic mass is 10.1. The summed E-state index contributed by atoms with van der Waals surface area (Å²) in [5, 5.41) is 5.13. The Morgan fingerprint density at radius 3 is 2.34 bits per heavy atom. The number of carbonyl (C=O) groups excluding carboxylic acids is 1. The summed E-state index contributed by atoms with van der Waals surface area (Å²) in [5.41, 5.74) is 9.61. The number of sulfonamides is 1. The molecular formula is C25H20N4O3S3. The van der Waals surface area contributed by atoms with Gasteiger partial charge in [0.25, 0.3) is 15.9 Å². The number of hydrogen-bond acceptors (Lipinski definition) is 7. The van der Waals surface area contributed by atoms with Crippen LogP contribution in [0, 0.1) is 0 Å². The summed E-state index contributed by atoms with van der Waals surface area (Å²) in [7, 11) is -3.64. The third-order valence-corrected chi connectivity index (χ3v) is 9.12. The highest BCUT2D eigenvalue weighted by molar-refractivity contribution is 7.99. The quantitative estimate of drug-likeness (QED) is 0.207. The van der Waals surface area contributed by atoms with Crippen LogP contribution in [-0.4, -0.2) is 14.3 Å². The van der Waals surface area contributed by atoms with Crippen molar-refractivity contribution in [1.82, 2.24) is 10.9 Å². The van der Waals surface area contributed by atoms with E-state index in [1.54, 1.807) is 47.5 Å². The van der Waals surface area contributed by atoms with Crippen molar-refractivity contribution < 1.29 is 13.2 Å². The van der Waals surface area contributed by atoms with Gasteiger partial charge in [0, 0.05) is 26.6 Å². The van der Waals surface area contributed by atoms with Gasteiger partial charge in [-0.25, -0.2) is 8.42 Å². The van der Waals surface area contributed by atoms with Gasteiger partial charge >= 0.3 is 0 Å². The Labute approximate surface area is 211 Å². The van der Waals surface area contributed by atoms with Crippen molar-refractivity contribution in [2.24, 2.45) is 0 Å². The van der Waals surface area contributed by atoms with Gasteiger partial charge in [-0.2, -0.15) is 0 Å². The number of benzene rings is 3. The predicted octanol–water partition coefficient (Wildman–Crippen LogP) is 5.66. The van der Waals surface area contributed by atoms with E-state index in [-0.39, 0.29) is 10.1 Å². The summed E-state index contributed by atoms with van der Waals surface area (Å²) < 4.78 is 27.4. The molecule has 7 nitrogen and oxygen atoms in total. The standard InChI is InChI=1S/C25H20N4O3S3/c1-16(18-10-13-23-21(15-18)26-20-5-2-3-6-22(20)34-23)27-28-25(30)17-8-11-19(12-9-17)29-35(31,32)24-7-4-14-33-24/h2-15,26-27,29H,1H2,(H,28,30). The number of fused-ring (bicyclic) bond motifs is 2. The van der Waals surface area contributed by atoms with Crippen LogP contribution in [0.4, 0.5) is 17.1 Å². The molecule has 10 heteroatoms. The maximum absolute atomic E-state index is 12.6. The van der Waals surface area contributed by atoms with Gasteiger partial charge in [-0.15, -0.1) is 11.3 Å². The number of anilines is 3. The van der Waals surface area contributed by atoms with Gasteiger partial charge in [0.1, 0.15) is 4.21 Å². The summed E-state index contributed by atoms with van der Waals surface area (Å²) in [6.07, 6.45) is 0. The molecule has 4 aromatic rings. The summed E-state index contributed by atoms with van der Waals surface area (Å²) >= 11 is 2.83. The molecule has 1 amide bonds. The van der Waals surface area contributed by atoms with Gasteiger partial charge in [-0.1, -0.05) is 42.6 Å². The Morgan fingerprint density at radius 2 is 1.57 bits per heavy atom. The molecule has 2 heterocycles. The normalized spacial score (nSPS) is 12.0. The molecule has 5 rings (SSSR count). The van der Waals surface area contributed by atoms with E-state index >= 15 is 0 Å². The number of amides is 1. The second kappa shape index (κ2) is 9.49. The molecule has 0 saturated carbocycles. The predicted molar refractivity (Wildman–Crippen MR) is 141 cm³/mol. The van der Waals surface area contributed by atoms with Crippen molar-refractivity contribution in [2.75, 3.05) is 10.0 Å². The van der Waals surface area contributed by atoms with Gasteiger partial charge in [0.2, 0.25) is 0 Å². The SMILES string of the molecule is C=C(NNC(=O)c1ccc(NS(=O)(=O)c2cccs2)cc1)c1ccc2c(c1)Nc1ccccc1S2. The lowest BCUT2D eigenvalue weighted by molar-refractivity contribution is 0.0942. The fraction of sp³-hybridized carbons (Fsp3) is 0. The van der Waals surface area contributed by atoms with Crippen LogP contribution in [0.2, 0.25) is 0 Å². The number of para-hydroxylation sites is 1. The van der Waals surface area contributed by atoms with Crippen LogP contribution in [0.5, 0.6) is 0 Å². The van der Waals surface area contributed by atoms with Crippen LogP contribution < -0.4 is 20.9 Å². The molecule has 1 aromatic heterocycles. The minimum Gasteiger partial charge on any atom is -0.354 e. The molecule has 0 radical (unpaired) electrons. The van der Waals surface area contributed by atoms with Crippen LogP contribution in [0.25, 0.3) is 5.70 Å². The lowest BCUT2D eigenvalue weighted by Crippen LogP contribution is -2.35. The molecule has 0 bridgehead atoms. The second-order valence-electron chi connectivity index (χ2n) is 7.61. The summed E-state index contributed by atoms with van der Waals surface area (Å²) in [5.74, 6) is -0.376. The largest absolute Gasteiger partial charge is 0.354 e. The molecule has 0 unspecified atom stereocenters. The van der Waals surface area contributed by atoms with Gasteiger partial charge < -0.3 is 5.32 Å². The highest BCUT2D eigenvalue weighted by Crippen LogP contribution is 2.44. The van der Waals surface area contributed by atoms with Crippen molar-refractivity contribution in [1.29, 1.82) is 0 Å². The highest BCUT2D eigenvalue weighted by atomic mass is 32.2. The zero-order valence-corrected chi connectivity index (χ0v) is 20.7. The molecule has 1 aliphatic heterocycles. The van der Waals surface area contributed by atoms with E-state index in [1.165, 1.54) is 11.0 Å². The summed E-state index contributed by atoms with van der Waals surface area (Å²) in [6.45, 7) is 4.03. The first-order chi connectivity index (χ1) is 16.9. The lowest BCUT2D eigenvalue weighted by Gasteiger charge is -2.22. The number of rotatable bonds is 7. The van der Waals surface area contributed by atoms with Crippen LogP contribution in [0.15, 0.2) is 105 Å². The molecule has 0 atom stereocenters. The number of thiophene rings is 1. The monoisotopic (exact) mass is 520 g/mol. The van der Waals surface area contributed by atoms with E-state index in [9.17, 15) is 13.2 Å². The smallest absolute Gasteiger partial charge is 0.271 e. The maximum Gasteiger partial charge on any atom is 0.271 e. The van der Waals surface area contributed by atoms with E-state index in [2.05, 4.69) is 33.5 Å². The molecule has 35 heavy (non-hydrogen) atoms. The minimum absolute atomic E-state index is 0.224. The first-order valence-electron chi connectivity index (χ1n) is 10.5. The minimum atomic E-state index is -3.64. The molecule has 0 spiro atoms. The fourth-order valence-corrected chi connectivity index (χ4v) is 6.43. The molecule has 0 fully saturated rings. The van der Waals surface area contributed by atoms with Crippen molar-refractivity contribution in [3.63, 3.8) is 0 Å². The van der Waals surface area contributed by atoms with Crippen molar-refractivity contribution in [2.45, 2.75) is 14.0 Å². The van der Waals surface area contributed by atoms with E-state index in [1.807, 2.05) is 36.4 Å². The average Bonchev–Trinajstić information content (AvgIpc) is 3.42. The Kier molecular flexibility index (Phi) is 6.25. The highest BCUT2D eigenvalue weighted by Gasteiger charge is 2.17. The third-order valence-electron chi connectivity index (χ3n) is 5.19. The van der Waals surface area contributed by atoms with Crippen molar-refractivity contribution in [3.8, 4) is 0 Å². The van der Waals surface area contributed by atoms with Crippen molar-refractivity contribution >= 4 is 61.8 Å². The number of hydrazine groups is 1. The topological polar surface area (TPSA) is 99.3 Å².